The van der Waals surface area contributed by atoms with Crippen molar-refractivity contribution in [1.82, 2.24) is 9.97 Å². The number of aryl methyl sites for hydroxylation is 1. The van der Waals surface area contributed by atoms with E-state index in [2.05, 4.69) is 15.3 Å². The van der Waals surface area contributed by atoms with Crippen LogP contribution in [-0.2, 0) is 21.1 Å². The van der Waals surface area contributed by atoms with Gasteiger partial charge in [0.05, 0.1) is 11.0 Å². The first-order valence-electron chi connectivity index (χ1n) is 10.4. The maximum atomic E-state index is 13.5. The molecule has 1 aliphatic rings. The lowest BCUT2D eigenvalue weighted by Crippen LogP contribution is -2.45. The number of carbonyl (C=O) groups excluding carboxylic acids is 1. The Balaban J connectivity index is 1.67. The highest BCUT2D eigenvalue weighted by atomic mass is 19.4. The summed E-state index contributed by atoms with van der Waals surface area (Å²) in [5.74, 6) is -0.0530. The minimum atomic E-state index is -4.51. The summed E-state index contributed by atoms with van der Waals surface area (Å²) in [4.78, 5) is 32.3. The molecule has 1 aliphatic heterocycles. The second-order valence-electron chi connectivity index (χ2n) is 8.04. The van der Waals surface area contributed by atoms with Crippen molar-refractivity contribution < 1.29 is 22.7 Å². The van der Waals surface area contributed by atoms with Gasteiger partial charge in [0.1, 0.15) is 5.82 Å². The fourth-order valence-corrected chi connectivity index (χ4v) is 4.07. The fourth-order valence-electron chi connectivity index (χ4n) is 4.07. The largest absolute Gasteiger partial charge is 0.416 e. The summed E-state index contributed by atoms with van der Waals surface area (Å²) in [6, 6.07) is 13.1. The van der Waals surface area contributed by atoms with Crippen LogP contribution < -0.4 is 10.9 Å². The summed E-state index contributed by atoms with van der Waals surface area (Å²) in [6.07, 6.45) is -4.00. The first kappa shape index (κ1) is 22.7. The van der Waals surface area contributed by atoms with Crippen LogP contribution in [0.3, 0.4) is 0 Å². The van der Waals surface area contributed by atoms with Gasteiger partial charge in [0, 0.05) is 36.2 Å². The molecule has 172 valence electrons. The molecule has 1 aromatic heterocycles. The molecule has 0 spiro atoms. The van der Waals surface area contributed by atoms with E-state index >= 15 is 0 Å². The van der Waals surface area contributed by atoms with Gasteiger partial charge in [0.15, 0.2) is 0 Å². The van der Waals surface area contributed by atoms with Crippen molar-refractivity contribution in [2.75, 3.05) is 18.5 Å². The number of H-pyrrole nitrogens is 1. The number of alkyl halides is 3. The van der Waals surface area contributed by atoms with E-state index in [0.29, 0.717) is 28.3 Å². The minimum absolute atomic E-state index is 0.257. The van der Waals surface area contributed by atoms with E-state index < -0.39 is 23.1 Å². The van der Waals surface area contributed by atoms with E-state index in [4.69, 9.17) is 4.74 Å². The Kier molecular flexibility index (Phi) is 6.07. The van der Waals surface area contributed by atoms with Crippen molar-refractivity contribution in [3.05, 3.63) is 81.8 Å². The second kappa shape index (κ2) is 8.82. The first-order valence-corrected chi connectivity index (χ1v) is 10.4. The average Bonchev–Trinajstić information content (AvgIpc) is 2.78. The lowest BCUT2D eigenvalue weighted by atomic mass is 9.73. The molecule has 0 aliphatic carbocycles. The Labute approximate surface area is 187 Å². The number of carbonyl (C=O) groups is 1. The third kappa shape index (κ3) is 4.83. The molecule has 2 heterocycles. The lowest BCUT2D eigenvalue weighted by molar-refractivity contribution is -0.138. The molecule has 0 saturated carbocycles. The van der Waals surface area contributed by atoms with Crippen LogP contribution >= 0.6 is 0 Å². The third-order valence-electron chi connectivity index (χ3n) is 5.79. The number of ether oxygens (including phenoxy) is 1. The van der Waals surface area contributed by atoms with E-state index in [9.17, 15) is 22.8 Å². The van der Waals surface area contributed by atoms with Gasteiger partial charge in [-0.1, -0.05) is 30.3 Å². The molecule has 33 heavy (non-hydrogen) atoms. The van der Waals surface area contributed by atoms with Gasteiger partial charge in [-0.2, -0.15) is 13.2 Å². The van der Waals surface area contributed by atoms with Crippen LogP contribution in [0.5, 0.6) is 0 Å². The van der Waals surface area contributed by atoms with Gasteiger partial charge in [-0.25, -0.2) is 4.98 Å². The molecule has 0 radical (unpaired) electrons. The van der Waals surface area contributed by atoms with Gasteiger partial charge in [0.2, 0.25) is 5.91 Å². The minimum Gasteiger partial charge on any atom is -0.381 e. The molecule has 4 rings (SSSR count). The standard InChI is InChI=1S/C24H22F3N3O3/c1-15-12-20(31)30-21(28-15)16-4-2-7-19(13-16)29-22(32)23(8-10-33-11-9-23)17-5-3-6-18(14-17)24(25,26)27/h2-7,12-14H,8-11H2,1H3,(H,29,32)(H,28,30,31). The Hall–Kier alpha value is -3.46. The number of amides is 1. The van der Waals surface area contributed by atoms with E-state index in [1.165, 1.54) is 12.1 Å². The summed E-state index contributed by atoms with van der Waals surface area (Å²) in [5, 5.41) is 2.85. The number of aromatic nitrogens is 2. The predicted octanol–water partition coefficient (Wildman–Crippen LogP) is 4.45. The Morgan fingerprint density at radius 1 is 1.09 bits per heavy atom. The number of hydrogen-bond acceptors (Lipinski definition) is 4. The molecule has 1 amide bonds. The monoisotopic (exact) mass is 457 g/mol. The molecule has 1 saturated heterocycles. The molecule has 9 heteroatoms. The summed E-state index contributed by atoms with van der Waals surface area (Å²) < 4.78 is 45.3. The topological polar surface area (TPSA) is 84.1 Å². The van der Waals surface area contributed by atoms with Crippen LogP contribution in [0.4, 0.5) is 18.9 Å². The zero-order valence-corrected chi connectivity index (χ0v) is 17.8. The number of nitrogens with zero attached hydrogens (tertiary/aromatic N) is 1. The molecule has 0 atom stereocenters. The van der Waals surface area contributed by atoms with Crippen molar-refractivity contribution in [2.45, 2.75) is 31.4 Å². The summed E-state index contributed by atoms with van der Waals surface area (Å²) >= 11 is 0. The third-order valence-corrected chi connectivity index (χ3v) is 5.79. The van der Waals surface area contributed by atoms with Crippen molar-refractivity contribution in [3.63, 3.8) is 0 Å². The smallest absolute Gasteiger partial charge is 0.381 e. The van der Waals surface area contributed by atoms with Crippen molar-refractivity contribution in [2.24, 2.45) is 0 Å². The van der Waals surface area contributed by atoms with Gasteiger partial charge in [-0.05, 0) is 43.5 Å². The summed E-state index contributed by atoms with van der Waals surface area (Å²) in [7, 11) is 0. The van der Waals surface area contributed by atoms with Crippen LogP contribution in [0.25, 0.3) is 11.4 Å². The molecule has 2 aromatic carbocycles. The second-order valence-corrected chi connectivity index (χ2v) is 8.04. The number of nitrogens with one attached hydrogen (secondary N) is 2. The highest BCUT2D eigenvalue weighted by Crippen LogP contribution is 2.39. The maximum Gasteiger partial charge on any atom is 0.416 e. The van der Waals surface area contributed by atoms with Gasteiger partial charge in [-0.3, -0.25) is 9.59 Å². The van der Waals surface area contributed by atoms with Crippen LogP contribution in [0.15, 0.2) is 59.4 Å². The van der Waals surface area contributed by atoms with Crippen LogP contribution in [-0.4, -0.2) is 29.1 Å². The quantitative estimate of drug-likeness (QED) is 0.606. The zero-order valence-electron chi connectivity index (χ0n) is 17.8. The maximum absolute atomic E-state index is 13.5. The summed E-state index contributed by atoms with van der Waals surface area (Å²) in [5.41, 5.74) is -0.361. The van der Waals surface area contributed by atoms with Crippen molar-refractivity contribution in [3.8, 4) is 11.4 Å². The fraction of sp³-hybridized carbons (Fsp3) is 0.292. The summed E-state index contributed by atoms with van der Waals surface area (Å²) in [6.45, 7) is 2.23. The van der Waals surface area contributed by atoms with Crippen molar-refractivity contribution >= 4 is 11.6 Å². The molecule has 6 nitrogen and oxygen atoms in total. The van der Waals surface area contributed by atoms with Crippen molar-refractivity contribution in [1.29, 1.82) is 0 Å². The molecule has 1 fully saturated rings. The number of benzene rings is 2. The Morgan fingerprint density at radius 2 is 1.82 bits per heavy atom. The Bertz CT molecular complexity index is 1230. The first-order chi connectivity index (χ1) is 15.7. The SMILES string of the molecule is Cc1cc(=O)[nH]c(-c2cccc(NC(=O)C3(c4cccc(C(F)(F)F)c4)CCOCC3)c2)n1. The average molecular weight is 457 g/mol. The number of halogens is 3. The molecular weight excluding hydrogens is 435 g/mol. The van der Waals surface area contributed by atoms with Gasteiger partial charge >= 0.3 is 6.18 Å². The molecule has 0 unspecified atom stereocenters. The highest BCUT2D eigenvalue weighted by Gasteiger charge is 2.43. The zero-order chi connectivity index (χ0) is 23.6. The highest BCUT2D eigenvalue weighted by molar-refractivity contribution is 5.99. The van der Waals surface area contributed by atoms with Crippen LogP contribution in [0.1, 0.15) is 29.7 Å². The molecular formula is C24H22F3N3O3. The number of hydrogen-bond donors (Lipinski definition) is 2. The van der Waals surface area contributed by atoms with Crippen LogP contribution in [0, 0.1) is 6.92 Å². The molecule has 0 bridgehead atoms. The number of aromatic amines is 1. The van der Waals surface area contributed by atoms with E-state index in [1.807, 2.05) is 0 Å². The molecule has 3 aromatic rings. The van der Waals surface area contributed by atoms with Gasteiger partial charge < -0.3 is 15.0 Å². The number of rotatable bonds is 4. The van der Waals surface area contributed by atoms with E-state index in [1.54, 1.807) is 37.3 Å². The molecule has 2 N–H and O–H groups in total. The van der Waals surface area contributed by atoms with Gasteiger partial charge in [0.25, 0.3) is 5.56 Å². The van der Waals surface area contributed by atoms with Crippen LogP contribution in [0.2, 0.25) is 0 Å². The lowest BCUT2D eigenvalue weighted by Gasteiger charge is -2.36. The normalized spacial score (nSPS) is 15.8. The predicted molar refractivity (Wildman–Crippen MR) is 117 cm³/mol. The Morgan fingerprint density at radius 3 is 2.52 bits per heavy atom. The van der Waals surface area contributed by atoms with E-state index in [0.717, 1.165) is 12.1 Å². The van der Waals surface area contributed by atoms with Gasteiger partial charge in [-0.15, -0.1) is 0 Å². The van der Waals surface area contributed by atoms with E-state index in [-0.39, 0.29) is 31.6 Å². The number of anilines is 1.